The Labute approximate surface area is 264 Å². The third kappa shape index (κ3) is 6.36. The van der Waals surface area contributed by atoms with E-state index in [2.05, 4.69) is 20.7 Å². The van der Waals surface area contributed by atoms with Gasteiger partial charge in [0.1, 0.15) is 19.1 Å². The molecule has 14 nitrogen and oxygen atoms in total. The van der Waals surface area contributed by atoms with E-state index in [0.717, 1.165) is 5.56 Å². The van der Waals surface area contributed by atoms with Crippen molar-refractivity contribution in [2.45, 2.75) is 18.6 Å². The first-order valence-electron chi connectivity index (χ1n) is 13.5. The van der Waals surface area contributed by atoms with Gasteiger partial charge < -0.3 is 25.5 Å². The highest BCUT2D eigenvalue weighted by Gasteiger charge is 2.39. The lowest BCUT2D eigenvalue weighted by atomic mass is 10.0. The van der Waals surface area contributed by atoms with Gasteiger partial charge in [-0.15, -0.1) is 5.10 Å². The molecule has 1 saturated heterocycles. The SMILES string of the molecule is O=C(Nc1ccc2nn(C(O)(O)O)cc2c1)C(Cc1ccccc1)N1CC(=O)N(c2cc(Cl)ccc2-n2cc(Cl)nn2)CC1=O. The molecule has 6 rings (SSSR count). The highest BCUT2D eigenvalue weighted by atomic mass is 35.5. The van der Waals surface area contributed by atoms with E-state index in [1.54, 1.807) is 24.3 Å². The second-order valence-corrected chi connectivity index (χ2v) is 11.1. The van der Waals surface area contributed by atoms with Crippen molar-refractivity contribution in [3.63, 3.8) is 0 Å². The van der Waals surface area contributed by atoms with Gasteiger partial charge in [-0.2, -0.15) is 9.78 Å². The summed E-state index contributed by atoms with van der Waals surface area (Å²) in [5.41, 5.74) is 2.14. The van der Waals surface area contributed by atoms with Gasteiger partial charge in [-0.25, -0.2) is 4.68 Å². The molecule has 45 heavy (non-hydrogen) atoms. The van der Waals surface area contributed by atoms with Crippen molar-refractivity contribution in [2.75, 3.05) is 23.3 Å². The third-order valence-electron chi connectivity index (χ3n) is 7.19. The van der Waals surface area contributed by atoms with Crippen LogP contribution in [-0.2, 0) is 26.9 Å². The Bertz CT molecular complexity index is 1920. The van der Waals surface area contributed by atoms with Crippen molar-refractivity contribution < 1.29 is 29.7 Å². The molecule has 1 aliphatic heterocycles. The van der Waals surface area contributed by atoms with Crippen LogP contribution in [0.3, 0.4) is 0 Å². The van der Waals surface area contributed by atoms with Crippen LogP contribution in [0.2, 0.25) is 10.2 Å². The largest absolute Gasteiger partial charge is 0.389 e. The second-order valence-electron chi connectivity index (χ2n) is 10.3. The Balaban J connectivity index is 1.28. The molecule has 3 aromatic carbocycles. The normalized spacial score (nSPS) is 14.7. The van der Waals surface area contributed by atoms with Crippen LogP contribution in [0, 0.1) is 0 Å². The molecule has 1 unspecified atom stereocenters. The van der Waals surface area contributed by atoms with Crippen molar-refractivity contribution in [3.05, 3.63) is 94.9 Å². The van der Waals surface area contributed by atoms with E-state index in [1.165, 1.54) is 51.1 Å². The van der Waals surface area contributed by atoms with Crippen molar-refractivity contribution in [1.29, 1.82) is 0 Å². The molecular weight excluding hydrogens is 627 g/mol. The Morgan fingerprint density at radius 2 is 1.71 bits per heavy atom. The minimum Gasteiger partial charge on any atom is -0.324 e. The maximum absolute atomic E-state index is 13.8. The van der Waals surface area contributed by atoms with E-state index in [0.29, 0.717) is 37.7 Å². The molecule has 1 atom stereocenters. The van der Waals surface area contributed by atoms with Crippen LogP contribution in [0.25, 0.3) is 16.6 Å². The number of amides is 3. The van der Waals surface area contributed by atoms with Crippen LogP contribution in [0.1, 0.15) is 5.56 Å². The molecule has 2 aromatic heterocycles. The number of carbonyl (C=O) groups is 3. The molecule has 0 saturated carbocycles. The van der Waals surface area contributed by atoms with Gasteiger partial charge in [0, 0.05) is 28.7 Å². The smallest absolute Gasteiger partial charge is 0.324 e. The van der Waals surface area contributed by atoms with Gasteiger partial charge in [0.15, 0.2) is 5.15 Å². The zero-order valence-electron chi connectivity index (χ0n) is 23.2. The van der Waals surface area contributed by atoms with Crippen LogP contribution in [0.5, 0.6) is 0 Å². The maximum Gasteiger partial charge on any atom is 0.389 e. The van der Waals surface area contributed by atoms with Crippen LogP contribution < -0.4 is 10.2 Å². The zero-order chi connectivity index (χ0) is 31.9. The predicted octanol–water partition coefficient (Wildman–Crippen LogP) is 1.89. The van der Waals surface area contributed by atoms with Crippen molar-refractivity contribution in [3.8, 4) is 5.69 Å². The highest BCUT2D eigenvalue weighted by molar-refractivity contribution is 6.31. The zero-order valence-corrected chi connectivity index (χ0v) is 24.7. The summed E-state index contributed by atoms with van der Waals surface area (Å²) in [4.78, 5) is 43.6. The van der Waals surface area contributed by atoms with Crippen LogP contribution >= 0.6 is 23.2 Å². The van der Waals surface area contributed by atoms with Crippen LogP contribution in [0.4, 0.5) is 11.4 Å². The molecule has 0 bridgehead atoms. The quantitative estimate of drug-likeness (QED) is 0.182. The third-order valence-corrected chi connectivity index (χ3v) is 7.60. The number of hydrogen-bond donors (Lipinski definition) is 4. The molecular formula is C29H24Cl2N8O6. The molecule has 1 fully saturated rings. The molecule has 0 spiro atoms. The Hall–Kier alpha value is -4.86. The van der Waals surface area contributed by atoms with Crippen LogP contribution in [0.15, 0.2) is 79.1 Å². The molecule has 1 aliphatic rings. The summed E-state index contributed by atoms with van der Waals surface area (Å²) in [7, 11) is 0. The number of nitrogens with zero attached hydrogens (tertiary/aromatic N) is 7. The summed E-state index contributed by atoms with van der Waals surface area (Å²) in [6.07, 6.45) is -0.446. The van der Waals surface area contributed by atoms with Gasteiger partial charge in [0.25, 0.3) is 0 Å². The van der Waals surface area contributed by atoms with Gasteiger partial charge in [-0.1, -0.05) is 58.7 Å². The first-order chi connectivity index (χ1) is 21.5. The Morgan fingerprint density at radius 1 is 0.933 bits per heavy atom. The number of piperazine rings is 1. The van der Waals surface area contributed by atoms with Crippen LogP contribution in [-0.4, -0.2) is 81.8 Å². The fourth-order valence-electron chi connectivity index (χ4n) is 5.07. The number of hydrogen-bond acceptors (Lipinski definition) is 9. The standard InChI is InChI=1S/C29H24Cl2N8O6/c30-19-6-9-22(38-14-25(31)33-35-38)23(12-19)36-15-27(41)37(16-26(36)40)24(10-17-4-2-1-3-5-17)28(42)32-20-7-8-21-18(11-20)13-39(34-21)29(43,44)45/h1-9,11-14,24,43-45H,10,15-16H2,(H,32,42). The predicted molar refractivity (Wildman–Crippen MR) is 162 cm³/mol. The van der Waals surface area contributed by atoms with Gasteiger partial charge >= 0.3 is 6.10 Å². The summed E-state index contributed by atoms with van der Waals surface area (Å²) in [6.45, 7) is -0.769. The number of halogens is 2. The number of anilines is 2. The van der Waals surface area contributed by atoms with E-state index in [9.17, 15) is 29.7 Å². The molecule has 230 valence electrons. The van der Waals surface area contributed by atoms with Crippen molar-refractivity contribution in [1.82, 2.24) is 29.7 Å². The lowest BCUT2D eigenvalue weighted by Gasteiger charge is -2.38. The number of rotatable bonds is 8. The van der Waals surface area contributed by atoms with Gasteiger partial charge in [0.2, 0.25) is 17.7 Å². The Morgan fingerprint density at radius 3 is 2.42 bits per heavy atom. The molecule has 3 amide bonds. The molecule has 0 aliphatic carbocycles. The van der Waals surface area contributed by atoms with Gasteiger partial charge in [-0.05, 0) is 42.0 Å². The molecule has 16 heteroatoms. The lowest BCUT2D eigenvalue weighted by Crippen LogP contribution is -2.60. The number of nitrogens with one attached hydrogen (secondary N) is 1. The molecule has 0 radical (unpaired) electrons. The lowest BCUT2D eigenvalue weighted by molar-refractivity contribution is -0.380. The first-order valence-corrected chi connectivity index (χ1v) is 14.2. The summed E-state index contributed by atoms with van der Waals surface area (Å²) >= 11 is 12.2. The Kier molecular flexibility index (Phi) is 7.99. The number of fused-ring (bicyclic) bond motifs is 1. The fraction of sp³-hybridized carbons (Fsp3) is 0.172. The topological polar surface area (TPSA) is 179 Å². The minimum absolute atomic E-state index is 0.119. The van der Waals surface area contributed by atoms with Crippen molar-refractivity contribution >= 4 is 63.2 Å². The van der Waals surface area contributed by atoms with Gasteiger partial charge in [-0.3, -0.25) is 19.3 Å². The summed E-state index contributed by atoms with van der Waals surface area (Å²) in [5, 5.41) is 43.6. The average molecular weight is 651 g/mol. The molecule has 3 heterocycles. The molecule has 4 N–H and O–H groups in total. The number of aromatic nitrogens is 5. The number of aliphatic hydroxyl groups is 3. The van der Waals surface area contributed by atoms with E-state index in [1.807, 2.05) is 18.2 Å². The molecule has 5 aromatic rings. The summed E-state index contributed by atoms with van der Waals surface area (Å²) < 4.78 is 1.92. The number of benzene rings is 3. The average Bonchev–Trinajstić information content (AvgIpc) is 3.63. The van der Waals surface area contributed by atoms with Gasteiger partial charge in [0.05, 0.1) is 23.1 Å². The van der Waals surface area contributed by atoms with E-state index in [-0.39, 0.29) is 18.1 Å². The van der Waals surface area contributed by atoms with Crippen molar-refractivity contribution in [2.24, 2.45) is 0 Å². The highest BCUT2D eigenvalue weighted by Crippen LogP contribution is 2.30. The van der Waals surface area contributed by atoms with E-state index >= 15 is 0 Å². The maximum atomic E-state index is 13.8. The van der Waals surface area contributed by atoms with E-state index < -0.39 is 36.4 Å². The first kappa shape index (κ1) is 30.2. The summed E-state index contributed by atoms with van der Waals surface area (Å²) in [6, 6.07) is 17.3. The monoisotopic (exact) mass is 650 g/mol. The second kappa shape index (κ2) is 11.9. The van der Waals surface area contributed by atoms with E-state index in [4.69, 9.17) is 23.2 Å². The fourth-order valence-corrected chi connectivity index (χ4v) is 5.36. The summed E-state index contributed by atoms with van der Waals surface area (Å²) in [5.74, 6) is -1.48. The minimum atomic E-state index is -3.20. The number of carbonyl (C=O) groups excluding carboxylic acids is 3.